The quantitative estimate of drug-likeness (QED) is 0.760. The second kappa shape index (κ2) is 6.15. The number of carboxylic acids is 1. The average molecular weight is 270 g/mol. The summed E-state index contributed by atoms with van der Waals surface area (Å²) in [4.78, 5) is 14.3. The molecule has 0 radical (unpaired) electrons. The third-order valence-electron chi connectivity index (χ3n) is 1.90. The number of sulfonamides is 1. The summed E-state index contributed by atoms with van der Waals surface area (Å²) in [7, 11) is -3.39. The minimum Gasteiger partial charge on any atom is -0.478 e. The monoisotopic (exact) mass is 270 g/mol. The molecule has 0 unspecified atom stereocenters. The van der Waals surface area contributed by atoms with Crippen LogP contribution < -0.4 is 4.72 Å². The summed E-state index contributed by atoms with van der Waals surface area (Å²) in [5.74, 6) is -0.895. The molecule has 0 fully saturated rings. The van der Waals surface area contributed by atoms with E-state index in [2.05, 4.69) is 9.71 Å². The number of aromatic nitrogens is 1. The number of carbonyl (C=O) groups is 1. The first-order chi connectivity index (χ1) is 8.43. The van der Waals surface area contributed by atoms with E-state index < -0.39 is 16.0 Å². The van der Waals surface area contributed by atoms with Crippen molar-refractivity contribution < 1.29 is 18.3 Å². The first-order valence-corrected chi connectivity index (χ1v) is 6.97. The maximum atomic E-state index is 11.5. The van der Waals surface area contributed by atoms with Gasteiger partial charge in [-0.15, -0.1) is 0 Å². The van der Waals surface area contributed by atoms with Crippen LogP contribution in [0.1, 0.15) is 19.0 Å². The Bertz CT molecular complexity index is 552. The van der Waals surface area contributed by atoms with Crippen molar-refractivity contribution in [2.45, 2.75) is 13.3 Å². The molecule has 7 heteroatoms. The fraction of sp³-hybridized carbons (Fsp3) is 0.273. The molecule has 1 heterocycles. The molecule has 6 nitrogen and oxygen atoms in total. The molecule has 2 N–H and O–H groups in total. The van der Waals surface area contributed by atoms with E-state index in [9.17, 15) is 13.2 Å². The Hall–Kier alpha value is -1.89. The largest absolute Gasteiger partial charge is 0.478 e. The summed E-state index contributed by atoms with van der Waals surface area (Å²) in [6, 6.07) is 4.68. The second-order valence-corrected chi connectivity index (χ2v) is 5.38. The summed E-state index contributed by atoms with van der Waals surface area (Å²) >= 11 is 0. The van der Waals surface area contributed by atoms with Gasteiger partial charge in [-0.3, -0.25) is 4.72 Å². The van der Waals surface area contributed by atoms with Crippen LogP contribution in [0.25, 0.3) is 6.08 Å². The molecule has 1 aromatic heterocycles. The van der Waals surface area contributed by atoms with E-state index in [1.54, 1.807) is 19.1 Å². The Morgan fingerprint density at radius 2 is 2.22 bits per heavy atom. The second-order valence-electron chi connectivity index (χ2n) is 3.54. The van der Waals surface area contributed by atoms with Crippen molar-refractivity contribution >= 4 is 27.9 Å². The predicted octanol–water partition coefficient (Wildman–Crippen LogP) is 1.33. The highest BCUT2D eigenvalue weighted by molar-refractivity contribution is 7.92. The zero-order valence-electron chi connectivity index (χ0n) is 9.83. The molecule has 98 valence electrons. The van der Waals surface area contributed by atoms with Crippen LogP contribution in [0.5, 0.6) is 0 Å². The van der Waals surface area contributed by atoms with Gasteiger partial charge in [0.2, 0.25) is 10.0 Å². The minimum atomic E-state index is -3.39. The van der Waals surface area contributed by atoms with Gasteiger partial charge in [0, 0.05) is 6.08 Å². The Morgan fingerprint density at radius 1 is 1.50 bits per heavy atom. The highest BCUT2D eigenvalue weighted by Gasteiger charge is 2.09. The predicted molar refractivity (Wildman–Crippen MR) is 68.6 cm³/mol. The van der Waals surface area contributed by atoms with Crippen molar-refractivity contribution in [3.8, 4) is 0 Å². The van der Waals surface area contributed by atoms with Crippen LogP contribution in [0.4, 0.5) is 5.82 Å². The lowest BCUT2D eigenvalue weighted by molar-refractivity contribution is -0.131. The van der Waals surface area contributed by atoms with E-state index in [4.69, 9.17) is 5.11 Å². The lowest BCUT2D eigenvalue weighted by Crippen LogP contribution is -2.17. The highest BCUT2D eigenvalue weighted by Crippen LogP contribution is 2.09. The molecule has 0 saturated heterocycles. The number of pyridine rings is 1. The van der Waals surface area contributed by atoms with Gasteiger partial charge in [-0.25, -0.2) is 18.2 Å². The average Bonchev–Trinajstić information content (AvgIpc) is 2.26. The van der Waals surface area contributed by atoms with Crippen LogP contribution in [0.2, 0.25) is 0 Å². The highest BCUT2D eigenvalue weighted by atomic mass is 32.2. The van der Waals surface area contributed by atoms with Crippen molar-refractivity contribution in [1.29, 1.82) is 0 Å². The third kappa shape index (κ3) is 4.96. The van der Waals surface area contributed by atoms with Gasteiger partial charge in [0.05, 0.1) is 11.4 Å². The molecule has 0 bridgehead atoms. The van der Waals surface area contributed by atoms with E-state index in [0.717, 1.165) is 6.08 Å². The summed E-state index contributed by atoms with van der Waals surface area (Å²) in [6.07, 6.45) is 2.74. The summed E-state index contributed by atoms with van der Waals surface area (Å²) in [6.45, 7) is 1.76. The van der Waals surface area contributed by atoms with Crippen LogP contribution in [0.3, 0.4) is 0 Å². The molecular weight excluding hydrogens is 256 g/mol. The zero-order valence-corrected chi connectivity index (χ0v) is 10.6. The number of nitrogens with one attached hydrogen (secondary N) is 1. The molecule has 0 aliphatic heterocycles. The fourth-order valence-corrected chi connectivity index (χ4v) is 2.31. The van der Waals surface area contributed by atoms with Gasteiger partial charge in [0.15, 0.2) is 0 Å². The van der Waals surface area contributed by atoms with E-state index in [1.165, 1.54) is 12.1 Å². The Morgan fingerprint density at radius 3 is 2.83 bits per heavy atom. The van der Waals surface area contributed by atoms with Crippen LogP contribution in [0.15, 0.2) is 24.3 Å². The molecule has 0 aliphatic carbocycles. The van der Waals surface area contributed by atoms with Gasteiger partial charge >= 0.3 is 5.97 Å². The van der Waals surface area contributed by atoms with E-state index >= 15 is 0 Å². The van der Waals surface area contributed by atoms with Gasteiger partial charge in [-0.1, -0.05) is 13.0 Å². The molecule has 0 amide bonds. The maximum absolute atomic E-state index is 11.5. The third-order valence-corrected chi connectivity index (χ3v) is 3.37. The molecule has 0 aliphatic rings. The number of hydrogen-bond donors (Lipinski definition) is 2. The molecule has 1 rings (SSSR count). The Kier molecular flexibility index (Phi) is 4.85. The topological polar surface area (TPSA) is 96.4 Å². The van der Waals surface area contributed by atoms with Crippen molar-refractivity contribution in [2.24, 2.45) is 0 Å². The summed E-state index contributed by atoms with van der Waals surface area (Å²) < 4.78 is 25.4. The number of hydrogen-bond acceptors (Lipinski definition) is 4. The van der Waals surface area contributed by atoms with Gasteiger partial charge in [-0.05, 0) is 24.6 Å². The first-order valence-electron chi connectivity index (χ1n) is 5.31. The van der Waals surface area contributed by atoms with E-state index in [-0.39, 0.29) is 11.6 Å². The molecule has 0 aromatic carbocycles. The normalized spacial score (nSPS) is 11.6. The number of carboxylic acid groups (broad SMARTS) is 1. The number of anilines is 1. The van der Waals surface area contributed by atoms with Gasteiger partial charge in [0.25, 0.3) is 0 Å². The number of aliphatic carboxylic acids is 1. The minimum absolute atomic E-state index is 0.0177. The lowest BCUT2D eigenvalue weighted by atomic mass is 10.3. The van der Waals surface area contributed by atoms with Gasteiger partial charge < -0.3 is 5.11 Å². The van der Waals surface area contributed by atoms with Gasteiger partial charge in [-0.2, -0.15) is 0 Å². The smallest absolute Gasteiger partial charge is 0.328 e. The van der Waals surface area contributed by atoms with Crippen LogP contribution in [-0.2, 0) is 14.8 Å². The van der Waals surface area contributed by atoms with Crippen molar-refractivity contribution in [1.82, 2.24) is 4.98 Å². The number of rotatable bonds is 6. The maximum Gasteiger partial charge on any atom is 0.328 e. The molecule has 0 spiro atoms. The Balaban J connectivity index is 2.86. The Labute approximate surface area is 105 Å². The summed E-state index contributed by atoms with van der Waals surface area (Å²) in [5.41, 5.74) is 0.370. The molecule has 1 aromatic rings. The van der Waals surface area contributed by atoms with E-state index in [0.29, 0.717) is 12.1 Å². The SMILES string of the molecule is CCCS(=O)(=O)Nc1cccc(/C=C/C(=O)O)n1. The molecule has 18 heavy (non-hydrogen) atoms. The lowest BCUT2D eigenvalue weighted by Gasteiger charge is -2.06. The number of nitrogens with zero attached hydrogens (tertiary/aromatic N) is 1. The summed E-state index contributed by atoms with van der Waals surface area (Å²) in [5, 5.41) is 8.47. The van der Waals surface area contributed by atoms with Gasteiger partial charge in [0.1, 0.15) is 5.82 Å². The molecule has 0 saturated carbocycles. The standard InChI is InChI=1S/C11H14N2O4S/c1-2-8-18(16,17)13-10-5-3-4-9(12-10)6-7-11(14)15/h3-7H,2,8H2,1H3,(H,12,13)(H,14,15)/b7-6+. The molecule has 0 atom stereocenters. The zero-order chi connectivity index (χ0) is 13.6. The van der Waals surface area contributed by atoms with E-state index in [1.807, 2.05) is 0 Å². The van der Waals surface area contributed by atoms with Crippen molar-refractivity contribution in [3.63, 3.8) is 0 Å². The van der Waals surface area contributed by atoms with Crippen LogP contribution in [-0.4, -0.2) is 30.2 Å². The first kappa shape index (κ1) is 14.2. The van der Waals surface area contributed by atoms with Crippen molar-refractivity contribution in [2.75, 3.05) is 10.5 Å². The van der Waals surface area contributed by atoms with Crippen LogP contribution in [0, 0.1) is 0 Å². The van der Waals surface area contributed by atoms with Crippen molar-refractivity contribution in [3.05, 3.63) is 30.0 Å². The van der Waals surface area contributed by atoms with Crippen LogP contribution >= 0.6 is 0 Å². The fourth-order valence-electron chi connectivity index (χ4n) is 1.24. The molecular formula is C11H14N2O4S.